The molecule has 1 aliphatic heterocycles. The van der Waals surface area contributed by atoms with E-state index in [9.17, 15) is 9.18 Å². The molecule has 2 amide bonds. The molecule has 8 heteroatoms. The van der Waals surface area contributed by atoms with Crippen LogP contribution in [-0.2, 0) is 6.42 Å². The third kappa shape index (κ3) is 4.33. The number of likely N-dealkylation sites (tertiary alicyclic amines) is 1. The van der Waals surface area contributed by atoms with Crippen LogP contribution in [0.5, 0.6) is 0 Å². The van der Waals surface area contributed by atoms with E-state index in [1.54, 1.807) is 17.0 Å². The van der Waals surface area contributed by atoms with E-state index >= 15 is 0 Å². The number of hydrogen-bond acceptors (Lipinski definition) is 5. The summed E-state index contributed by atoms with van der Waals surface area (Å²) in [5.41, 5.74) is 0.909. The minimum Gasteiger partial charge on any atom is -0.425 e. The highest BCUT2D eigenvalue weighted by atomic mass is 32.1. The topological polar surface area (TPSA) is 71.3 Å². The van der Waals surface area contributed by atoms with Gasteiger partial charge in [0.1, 0.15) is 5.82 Å². The van der Waals surface area contributed by atoms with Crippen molar-refractivity contribution in [2.75, 3.05) is 18.4 Å². The van der Waals surface area contributed by atoms with Gasteiger partial charge in [-0.15, -0.1) is 21.5 Å². The molecule has 1 aromatic carbocycles. The van der Waals surface area contributed by atoms with Crippen molar-refractivity contribution in [3.05, 3.63) is 64.9 Å². The predicted molar refractivity (Wildman–Crippen MR) is 100 cm³/mol. The maximum atomic E-state index is 13.0. The van der Waals surface area contributed by atoms with Crippen molar-refractivity contribution < 1.29 is 13.6 Å². The van der Waals surface area contributed by atoms with E-state index in [1.165, 1.54) is 23.5 Å². The Kier molecular flexibility index (Phi) is 5.15. The molecule has 1 N–H and O–H groups in total. The lowest BCUT2D eigenvalue weighted by Crippen LogP contribution is -2.41. The van der Waals surface area contributed by atoms with Crippen LogP contribution in [0.15, 0.2) is 46.2 Å². The SMILES string of the molecule is O=C(Nc1cccs1)N1CCC[C@H](c2nnc(Cc3ccc(F)cc3)o2)C1. The average molecular weight is 386 g/mol. The highest BCUT2D eigenvalue weighted by Crippen LogP contribution is 2.27. The van der Waals surface area contributed by atoms with Gasteiger partial charge in [0.05, 0.1) is 17.3 Å². The van der Waals surface area contributed by atoms with Crippen molar-refractivity contribution in [2.45, 2.75) is 25.2 Å². The van der Waals surface area contributed by atoms with E-state index < -0.39 is 0 Å². The van der Waals surface area contributed by atoms with Gasteiger partial charge < -0.3 is 9.32 Å². The maximum Gasteiger partial charge on any atom is 0.322 e. The van der Waals surface area contributed by atoms with Gasteiger partial charge in [-0.25, -0.2) is 9.18 Å². The summed E-state index contributed by atoms with van der Waals surface area (Å²) in [4.78, 5) is 14.2. The first kappa shape index (κ1) is 17.7. The van der Waals surface area contributed by atoms with Gasteiger partial charge in [-0.05, 0) is 48.1 Å². The van der Waals surface area contributed by atoms with Crippen molar-refractivity contribution in [2.24, 2.45) is 0 Å². The molecule has 140 valence electrons. The standard InChI is InChI=1S/C19H19FN4O2S/c20-15-7-5-13(6-8-15)11-16-22-23-18(26-16)14-3-1-9-24(12-14)19(25)21-17-4-2-10-27-17/h2,4-8,10,14H,1,3,9,11-12H2,(H,21,25)/t14-/m0/s1. The first-order valence-corrected chi connectivity index (χ1v) is 9.71. The highest BCUT2D eigenvalue weighted by Gasteiger charge is 2.28. The molecule has 1 saturated heterocycles. The van der Waals surface area contributed by atoms with E-state index in [2.05, 4.69) is 15.5 Å². The third-order valence-corrected chi connectivity index (χ3v) is 5.35. The average Bonchev–Trinajstić information content (AvgIpc) is 3.36. The van der Waals surface area contributed by atoms with Crippen LogP contribution in [0.4, 0.5) is 14.2 Å². The summed E-state index contributed by atoms with van der Waals surface area (Å²) in [5, 5.41) is 14.0. The van der Waals surface area contributed by atoms with Crippen LogP contribution in [0.1, 0.15) is 36.1 Å². The molecule has 0 radical (unpaired) electrons. The molecule has 0 aliphatic carbocycles. The lowest BCUT2D eigenvalue weighted by atomic mass is 9.98. The number of halogens is 1. The Morgan fingerprint density at radius 3 is 2.93 bits per heavy atom. The summed E-state index contributed by atoms with van der Waals surface area (Å²) in [6.07, 6.45) is 2.25. The quantitative estimate of drug-likeness (QED) is 0.727. The number of nitrogens with one attached hydrogen (secondary N) is 1. The summed E-state index contributed by atoms with van der Waals surface area (Å²) in [6, 6.07) is 9.92. The van der Waals surface area contributed by atoms with Gasteiger partial charge in [0.25, 0.3) is 0 Å². The Labute approximate surface area is 160 Å². The van der Waals surface area contributed by atoms with Gasteiger partial charge in [-0.1, -0.05) is 12.1 Å². The van der Waals surface area contributed by atoms with E-state index in [-0.39, 0.29) is 17.8 Å². The largest absolute Gasteiger partial charge is 0.425 e. The first-order chi connectivity index (χ1) is 13.2. The monoisotopic (exact) mass is 386 g/mol. The minimum atomic E-state index is -0.270. The van der Waals surface area contributed by atoms with Gasteiger partial charge in [-0.3, -0.25) is 5.32 Å². The molecule has 3 heterocycles. The number of carbonyl (C=O) groups is 1. The number of urea groups is 1. The van der Waals surface area contributed by atoms with Crippen molar-refractivity contribution in [3.63, 3.8) is 0 Å². The fourth-order valence-electron chi connectivity index (χ4n) is 3.18. The lowest BCUT2D eigenvalue weighted by Gasteiger charge is -2.30. The number of carbonyl (C=O) groups excluding carboxylic acids is 1. The summed E-state index contributed by atoms with van der Waals surface area (Å²) in [5.74, 6) is 0.813. The number of nitrogens with zero attached hydrogens (tertiary/aromatic N) is 3. The first-order valence-electron chi connectivity index (χ1n) is 8.83. The Bertz CT molecular complexity index is 895. The number of aromatic nitrogens is 2. The van der Waals surface area contributed by atoms with E-state index in [0.717, 1.165) is 23.4 Å². The number of benzene rings is 1. The molecule has 4 rings (SSSR count). The molecule has 1 aliphatic rings. The van der Waals surface area contributed by atoms with E-state index in [1.807, 2.05) is 17.5 Å². The van der Waals surface area contributed by atoms with Crippen molar-refractivity contribution in [1.82, 2.24) is 15.1 Å². The fourth-order valence-corrected chi connectivity index (χ4v) is 3.78. The second-order valence-electron chi connectivity index (χ2n) is 6.53. The second kappa shape index (κ2) is 7.87. The second-order valence-corrected chi connectivity index (χ2v) is 7.48. The van der Waals surface area contributed by atoms with Gasteiger partial charge in [0.15, 0.2) is 0 Å². The van der Waals surface area contributed by atoms with Crippen LogP contribution in [0, 0.1) is 5.82 Å². The zero-order valence-electron chi connectivity index (χ0n) is 14.6. The molecule has 3 aromatic rings. The molecular formula is C19H19FN4O2S. The van der Waals surface area contributed by atoms with Gasteiger partial charge >= 0.3 is 6.03 Å². The lowest BCUT2D eigenvalue weighted by molar-refractivity contribution is 0.186. The van der Waals surface area contributed by atoms with Crippen LogP contribution >= 0.6 is 11.3 Å². The normalized spacial score (nSPS) is 17.1. The Balaban J connectivity index is 1.39. The Hall–Kier alpha value is -2.74. The number of rotatable bonds is 4. The van der Waals surface area contributed by atoms with E-state index in [0.29, 0.717) is 31.3 Å². The number of hydrogen-bond donors (Lipinski definition) is 1. The summed E-state index contributed by atoms with van der Waals surface area (Å²) < 4.78 is 18.8. The van der Waals surface area contributed by atoms with Gasteiger partial charge in [0, 0.05) is 13.1 Å². The van der Waals surface area contributed by atoms with Crippen molar-refractivity contribution >= 4 is 22.4 Å². The van der Waals surface area contributed by atoms with Crippen LogP contribution < -0.4 is 5.32 Å². The smallest absolute Gasteiger partial charge is 0.322 e. The summed E-state index contributed by atoms with van der Waals surface area (Å²) in [7, 11) is 0. The van der Waals surface area contributed by atoms with Gasteiger partial charge in [0.2, 0.25) is 11.8 Å². The Morgan fingerprint density at radius 1 is 1.30 bits per heavy atom. The highest BCUT2D eigenvalue weighted by molar-refractivity contribution is 7.14. The molecule has 0 unspecified atom stereocenters. The zero-order chi connectivity index (χ0) is 18.6. The predicted octanol–water partition coefficient (Wildman–Crippen LogP) is 4.27. The molecule has 0 bridgehead atoms. The van der Waals surface area contributed by atoms with Crippen LogP contribution in [0.25, 0.3) is 0 Å². The number of thiophene rings is 1. The number of amides is 2. The molecule has 6 nitrogen and oxygen atoms in total. The minimum absolute atomic E-state index is 0.0299. The van der Waals surface area contributed by atoms with Crippen molar-refractivity contribution in [3.8, 4) is 0 Å². The van der Waals surface area contributed by atoms with Crippen molar-refractivity contribution in [1.29, 1.82) is 0 Å². The molecule has 0 spiro atoms. The fraction of sp³-hybridized carbons (Fsp3) is 0.316. The summed E-state index contributed by atoms with van der Waals surface area (Å²) in [6.45, 7) is 1.26. The molecule has 2 aromatic heterocycles. The summed E-state index contributed by atoms with van der Waals surface area (Å²) >= 11 is 1.49. The number of piperidine rings is 1. The molecular weight excluding hydrogens is 367 g/mol. The van der Waals surface area contributed by atoms with E-state index in [4.69, 9.17) is 4.42 Å². The Morgan fingerprint density at radius 2 is 2.15 bits per heavy atom. The maximum absolute atomic E-state index is 13.0. The van der Waals surface area contributed by atoms with Crippen LogP contribution in [0.3, 0.4) is 0 Å². The van der Waals surface area contributed by atoms with Crippen LogP contribution in [-0.4, -0.2) is 34.2 Å². The molecule has 0 saturated carbocycles. The van der Waals surface area contributed by atoms with Gasteiger partial charge in [-0.2, -0.15) is 0 Å². The third-order valence-electron chi connectivity index (χ3n) is 4.56. The van der Waals surface area contributed by atoms with Crippen LogP contribution in [0.2, 0.25) is 0 Å². The molecule has 27 heavy (non-hydrogen) atoms. The molecule has 1 atom stereocenters. The zero-order valence-corrected chi connectivity index (χ0v) is 15.4. The number of anilines is 1. The molecule has 1 fully saturated rings.